The number of alkyl halides is 3. The molecule has 0 aliphatic heterocycles. The van der Waals surface area contributed by atoms with E-state index < -0.39 is 33.9 Å². The number of nitrogens with zero attached hydrogens (tertiary/aromatic N) is 2. The minimum absolute atomic E-state index is 0.0269. The van der Waals surface area contributed by atoms with Gasteiger partial charge in [0.2, 0.25) is 11.9 Å². The number of isocyanates is 1. The average molecular weight is 250 g/mol. The van der Waals surface area contributed by atoms with E-state index in [-0.39, 0.29) is 12.1 Å². The van der Waals surface area contributed by atoms with Crippen LogP contribution in [0, 0.1) is 15.9 Å². The first-order chi connectivity index (χ1) is 7.77. The molecule has 0 saturated carbocycles. The van der Waals surface area contributed by atoms with E-state index in [4.69, 9.17) is 0 Å². The zero-order valence-corrected chi connectivity index (χ0v) is 7.79. The summed E-state index contributed by atoms with van der Waals surface area (Å²) in [7, 11) is 0. The lowest BCUT2D eigenvalue weighted by Gasteiger charge is -2.07. The zero-order chi connectivity index (χ0) is 13.2. The van der Waals surface area contributed by atoms with Crippen LogP contribution in [0.1, 0.15) is 5.56 Å². The smallest absolute Gasteiger partial charge is 0.258 e. The molecule has 0 unspecified atom stereocenters. The maximum Gasteiger partial charge on any atom is 0.416 e. The summed E-state index contributed by atoms with van der Waals surface area (Å²) >= 11 is 0. The lowest BCUT2D eigenvalue weighted by atomic mass is 10.1. The van der Waals surface area contributed by atoms with Crippen LogP contribution in [0.5, 0.6) is 0 Å². The van der Waals surface area contributed by atoms with E-state index in [0.717, 1.165) is 6.08 Å². The van der Waals surface area contributed by atoms with Crippen molar-refractivity contribution < 1.29 is 27.3 Å². The summed E-state index contributed by atoms with van der Waals surface area (Å²) in [5.41, 5.74) is -3.96. The van der Waals surface area contributed by atoms with Crippen molar-refractivity contribution in [2.24, 2.45) is 4.99 Å². The van der Waals surface area contributed by atoms with E-state index in [9.17, 15) is 32.5 Å². The van der Waals surface area contributed by atoms with Crippen LogP contribution in [0.25, 0.3) is 0 Å². The molecule has 0 fully saturated rings. The summed E-state index contributed by atoms with van der Waals surface area (Å²) in [6.07, 6.45) is -4.10. The summed E-state index contributed by atoms with van der Waals surface area (Å²) in [5, 5.41) is 10.3. The van der Waals surface area contributed by atoms with Crippen LogP contribution < -0.4 is 0 Å². The Morgan fingerprint density at radius 1 is 1.35 bits per heavy atom. The third kappa shape index (κ3) is 2.64. The number of hydrogen-bond donors (Lipinski definition) is 0. The predicted octanol–water partition coefficient (Wildman–Crippen LogP) is 2.72. The maximum absolute atomic E-state index is 13.2. The normalized spacial score (nSPS) is 10.8. The Bertz CT molecular complexity index is 497. The number of halogens is 4. The standard InChI is InChI=1S/C8H2F4N2O3/c9-7-5(13-3-15)1-4(8(10,11)12)2-6(7)14(16)17/h1-2H. The predicted molar refractivity (Wildman–Crippen MR) is 45.8 cm³/mol. The van der Waals surface area contributed by atoms with Crippen LogP contribution in [0.4, 0.5) is 28.9 Å². The topological polar surface area (TPSA) is 72.6 Å². The Labute approximate surface area is 90.5 Å². The molecular weight excluding hydrogens is 248 g/mol. The molecule has 0 aliphatic rings. The first-order valence-corrected chi connectivity index (χ1v) is 3.90. The molecule has 0 aromatic heterocycles. The Morgan fingerprint density at radius 2 is 1.94 bits per heavy atom. The molecule has 0 bridgehead atoms. The van der Waals surface area contributed by atoms with Crippen molar-refractivity contribution in [2.75, 3.05) is 0 Å². The minimum Gasteiger partial charge on any atom is -0.258 e. The number of benzene rings is 1. The van der Waals surface area contributed by atoms with Gasteiger partial charge >= 0.3 is 11.9 Å². The van der Waals surface area contributed by atoms with Gasteiger partial charge in [-0.3, -0.25) is 10.1 Å². The lowest BCUT2D eigenvalue weighted by Crippen LogP contribution is -2.06. The Hall–Kier alpha value is -2.28. The van der Waals surface area contributed by atoms with Crippen molar-refractivity contribution >= 4 is 17.5 Å². The van der Waals surface area contributed by atoms with Crippen LogP contribution in [-0.2, 0) is 11.0 Å². The first-order valence-electron chi connectivity index (χ1n) is 3.90. The number of nitro benzene ring substituents is 1. The second-order valence-corrected chi connectivity index (χ2v) is 2.79. The van der Waals surface area contributed by atoms with Gasteiger partial charge in [0.05, 0.1) is 10.5 Å². The summed E-state index contributed by atoms with van der Waals surface area (Å²) in [6, 6.07) is 0.215. The fourth-order valence-corrected chi connectivity index (χ4v) is 1.02. The van der Waals surface area contributed by atoms with E-state index in [2.05, 4.69) is 4.99 Å². The van der Waals surface area contributed by atoms with Crippen molar-refractivity contribution in [3.63, 3.8) is 0 Å². The van der Waals surface area contributed by atoms with Gasteiger partial charge in [-0.1, -0.05) is 0 Å². The summed E-state index contributed by atoms with van der Waals surface area (Å²) in [4.78, 5) is 21.5. The molecule has 0 amide bonds. The van der Waals surface area contributed by atoms with Gasteiger partial charge in [-0.05, 0) is 6.07 Å². The molecule has 0 heterocycles. The van der Waals surface area contributed by atoms with Crippen LogP contribution >= 0.6 is 0 Å². The zero-order valence-electron chi connectivity index (χ0n) is 7.79. The maximum atomic E-state index is 13.2. The molecule has 0 N–H and O–H groups in total. The molecule has 5 nitrogen and oxygen atoms in total. The third-order valence-electron chi connectivity index (χ3n) is 1.72. The molecule has 0 radical (unpaired) electrons. The van der Waals surface area contributed by atoms with Gasteiger partial charge in [0.1, 0.15) is 5.69 Å². The molecule has 1 aromatic carbocycles. The molecular formula is C8H2F4N2O3. The van der Waals surface area contributed by atoms with Gasteiger partial charge in [-0.15, -0.1) is 0 Å². The number of rotatable bonds is 2. The average Bonchev–Trinajstić information content (AvgIpc) is 2.19. The van der Waals surface area contributed by atoms with Crippen molar-refractivity contribution in [1.29, 1.82) is 0 Å². The molecule has 0 atom stereocenters. The Morgan fingerprint density at radius 3 is 2.35 bits per heavy atom. The molecule has 9 heteroatoms. The van der Waals surface area contributed by atoms with Crippen LogP contribution in [-0.4, -0.2) is 11.0 Å². The fraction of sp³-hybridized carbons (Fsp3) is 0.125. The lowest BCUT2D eigenvalue weighted by molar-refractivity contribution is -0.387. The van der Waals surface area contributed by atoms with Gasteiger partial charge in [-0.25, -0.2) is 4.79 Å². The van der Waals surface area contributed by atoms with Crippen LogP contribution in [0.2, 0.25) is 0 Å². The highest BCUT2D eigenvalue weighted by Gasteiger charge is 2.34. The van der Waals surface area contributed by atoms with Gasteiger partial charge in [0, 0.05) is 6.07 Å². The number of carbonyl (C=O) groups excluding carboxylic acids is 1. The first kappa shape index (κ1) is 12.8. The van der Waals surface area contributed by atoms with Gasteiger partial charge in [0.25, 0.3) is 0 Å². The van der Waals surface area contributed by atoms with E-state index in [1.165, 1.54) is 0 Å². The summed E-state index contributed by atoms with van der Waals surface area (Å²) in [5.74, 6) is -1.62. The SMILES string of the molecule is O=C=Nc1cc(C(F)(F)F)cc([N+](=O)[O-])c1F. The van der Waals surface area contributed by atoms with E-state index in [1.54, 1.807) is 0 Å². The molecule has 0 spiro atoms. The quantitative estimate of drug-likeness (QED) is 0.266. The van der Waals surface area contributed by atoms with Crippen molar-refractivity contribution in [3.05, 3.63) is 33.6 Å². The fourth-order valence-electron chi connectivity index (χ4n) is 1.02. The van der Waals surface area contributed by atoms with Crippen LogP contribution in [0.3, 0.4) is 0 Å². The second-order valence-electron chi connectivity index (χ2n) is 2.79. The second kappa shape index (κ2) is 4.30. The highest BCUT2D eigenvalue weighted by Crippen LogP contribution is 2.36. The Kier molecular flexibility index (Phi) is 3.23. The van der Waals surface area contributed by atoms with E-state index in [0.29, 0.717) is 0 Å². The highest BCUT2D eigenvalue weighted by atomic mass is 19.4. The molecule has 0 saturated heterocycles. The van der Waals surface area contributed by atoms with Crippen molar-refractivity contribution in [1.82, 2.24) is 0 Å². The largest absolute Gasteiger partial charge is 0.416 e. The van der Waals surface area contributed by atoms with E-state index >= 15 is 0 Å². The van der Waals surface area contributed by atoms with Gasteiger partial charge in [-0.2, -0.15) is 22.6 Å². The van der Waals surface area contributed by atoms with Gasteiger partial charge < -0.3 is 0 Å². The van der Waals surface area contributed by atoms with Crippen LogP contribution in [0.15, 0.2) is 17.1 Å². The van der Waals surface area contributed by atoms with E-state index in [1.807, 2.05) is 0 Å². The molecule has 0 aliphatic carbocycles. The molecule has 1 aromatic rings. The number of aliphatic imine (C=N–C) groups is 1. The highest BCUT2D eigenvalue weighted by molar-refractivity contribution is 5.57. The number of nitro groups is 1. The van der Waals surface area contributed by atoms with Gasteiger partial charge in [0.15, 0.2) is 0 Å². The Balaban J connectivity index is 3.58. The summed E-state index contributed by atoms with van der Waals surface area (Å²) < 4.78 is 50.1. The minimum atomic E-state index is -4.91. The third-order valence-corrected chi connectivity index (χ3v) is 1.72. The molecule has 17 heavy (non-hydrogen) atoms. The monoisotopic (exact) mass is 250 g/mol. The number of hydrogen-bond acceptors (Lipinski definition) is 4. The van der Waals surface area contributed by atoms with Crippen molar-refractivity contribution in [3.8, 4) is 0 Å². The summed E-state index contributed by atoms with van der Waals surface area (Å²) in [6.45, 7) is 0. The van der Waals surface area contributed by atoms with Crippen molar-refractivity contribution in [2.45, 2.75) is 6.18 Å². The molecule has 90 valence electrons. The molecule has 1 rings (SSSR count).